The van der Waals surface area contributed by atoms with Gasteiger partial charge in [-0.15, -0.1) is 0 Å². The van der Waals surface area contributed by atoms with Crippen molar-refractivity contribution in [3.8, 4) is 5.75 Å². The van der Waals surface area contributed by atoms with E-state index in [0.29, 0.717) is 24.2 Å². The predicted molar refractivity (Wildman–Crippen MR) is 102 cm³/mol. The van der Waals surface area contributed by atoms with Gasteiger partial charge in [-0.3, -0.25) is 10.1 Å². The maximum Gasteiger partial charge on any atom is 0.339 e. The van der Waals surface area contributed by atoms with Crippen LogP contribution in [0.2, 0.25) is 0 Å². The lowest BCUT2D eigenvalue weighted by molar-refractivity contribution is -0.384. The number of benzene rings is 3. The molecule has 0 aliphatic rings. The van der Waals surface area contributed by atoms with Crippen LogP contribution in [0.25, 0.3) is 10.8 Å². The first-order valence-electron chi connectivity index (χ1n) is 8.07. The highest BCUT2D eigenvalue weighted by molar-refractivity contribution is 7.87. The average molecular weight is 387 g/mol. The molecule has 0 amide bonds. The molecular weight excluding hydrogens is 370 g/mol. The first-order chi connectivity index (χ1) is 12.9. The fourth-order valence-electron chi connectivity index (χ4n) is 2.66. The number of nitrogens with one attached hydrogen (secondary N) is 1. The molecular formula is C18H17N3O5S. The molecule has 0 spiro atoms. The SMILES string of the molecule is NCCNc1cccc2cccc(S(=O)(=O)Oc3ccc([N+](=O)[O-])cc3)c12. The van der Waals surface area contributed by atoms with Gasteiger partial charge in [0.2, 0.25) is 0 Å². The number of fused-ring (bicyclic) bond motifs is 1. The molecule has 3 aromatic carbocycles. The molecule has 0 fully saturated rings. The predicted octanol–water partition coefficient (Wildman–Crippen LogP) is 2.89. The minimum Gasteiger partial charge on any atom is -0.383 e. The van der Waals surface area contributed by atoms with Crippen molar-refractivity contribution in [1.82, 2.24) is 0 Å². The Kier molecular flexibility index (Phi) is 5.24. The third kappa shape index (κ3) is 3.99. The van der Waals surface area contributed by atoms with Gasteiger partial charge in [-0.25, -0.2) is 0 Å². The third-order valence-corrected chi connectivity index (χ3v) is 5.14. The molecule has 0 aliphatic carbocycles. The van der Waals surface area contributed by atoms with E-state index < -0.39 is 15.0 Å². The minimum absolute atomic E-state index is 0.00141. The number of rotatable bonds is 7. The van der Waals surface area contributed by atoms with Crippen molar-refractivity contribution in [2.45, 2.75) is 4.90 Å². The summed E-state index contributed by atoms with van der Waals surface area (Å²) in [6.45, 7) is 0.876. The molecule has 140 valence electrons. The summed E-state index contributed by atoms with van der Waals surface area (Å²) in [6, 6.07) is 15.1. The van der Waals surface area contributed by atoms with Crippen LogP contribution in [0.15, 0.2) is 65.6 Å². The summed E-state index contributed by atoms with van der Waals surface area (Å²) < 4.78 is 30.9. The molecule has 3 aromatic rings. The van der Waals surface area contributed by atoms with Crippen molar-refractivity contribution in [1.29, 1.82) is 0 Å². The highest BCUT2D eigenvalue weighted by Gasteiger charge is 2.22. The normalized spacial score (nSPS) is 11.3. The van der Waals surface area contributed by atoms with E-state index in [4.69, 9.17) is 9.92 Å². The van der Waals surface area contributed by atoms with Crippen molar-refractivity contribution in [2.75, 3.05) is 18.4 Å². The van der Waals surface area contributed by atoms with Gasteiger partial charge in [0.15, 0.2) is 0 Å². The molecule has 27 heavy (non-hydrogen) atoms. The summed E-state index contributed by atoms with van der Waals surface area (Å²) in [7, 11) is -4.16. The van der Waals surface area contributed by atoms with Crippen LogP contribution >= 0.6 is 0 Å². The second-order valence-corrected chi connectivity index (χ2v) is 7.18. The van der Waals surface area contributed by atoms with Crippen LogP contribution in [0, 0.1) is 10.1 Å². The zero-order valence-electron chi connectivity index (χ0n) is 14.2. The van der Waals surface area contributed by atoms with E-state index in [1.165, 1.54) is 30.3 Å². The molecule has 8 nitrogen and oxygen atoms in total. The standard InChI is InChI=1S/C18H17N3O5S/c19-11-12-20-16-5-1-3-13-4-2-6-17(18(13)16)27(24,25)26-15-9-7-14(8-10-15)21(22)23/h1-10,20H,11-12,19H2. The number of nitro groups is 1. The molecule has 0 atom stereocenters. The van der Waals surface area contributed by atoms with E-state index in [2.05, 4.69) is 5.32 Å². The fraction of sp³-hybridized carbons (Fsp3) is 0.111. The number of non-ortho nitro benzene ring substituents is 1. The van der Waals surface area contributed by atoms with E-state index in [0.717, 1.165) is 5.39 Å². The maximum atomic E-state index is 12.9. The number of nitrogens with zero attached hydrogens (tertiary/aromatic N) is 1. The number of nitro benzene ring substituents is 1. The molecule has 0 heterocycles. The molecule has 9 heteroatoms. The Morgan fingerprint density at radius 3 is 2.33 bits per heavy atom. The van der Waals surface area contributed by atoms with E-state index in [9.17, 15) is 18.5 Å². The molecule has 0 saturated carbocycles. The first kappa shape index (κ1) is 18.6. The zero-order valence-corrected chi connectivity index (χ0v) is 15.0. The molecule has 0 aromatic heterocycles. The van der Waals surface area contributed by atoms with Crippen molar-refractivity contribution in [3.63, 3.8) is 0 Å². The number of anilines is 1. The highest BCUT2D eigenvalue weighted by Crippen LogP contribution is 2.32. The summed E-state index contributed by atoms with van der Waals surface area (Å²) in [6.07, 6.45) is 0. The van der Waals surface area contributed by atoms with Gasteiger partial charge in [-0.05, 0) is 29.7 Å². The quantitative estimate of drug-likeness (QED) is 0.363. The summed E-state index contributed by atoms with van der Waals surface area (Å²) in [4.78, 5) is 10.1. The van der Waals surface area contributed by atoms with E-state index in [1.54, 1.807) is 24.3 Å². The van der Waals surface area contributed by atoms with Gasteiger partial charge in [0.1, 0.15) is 10.6 Å². The Morgan fingerprint density at radius 1 is 1.04 bits per heavy atom. The first-order valence-corrected chi connectivity index (χ1v) is 9.48. The molecule has 0 unspecified atom stereocenters. The van der Waals surface area contributed by atoms with Crippen molar-refractivity contribution >= 4 is 32.3 Å². The van der Waals surface area contributed by atoms with Gasteiger partial charge in [-0.2, -0.15) is 8.42 Å². The Labute approximate surface area is 155 Å². The van der Waals surface area contributed by atoms with Crippen LogP contribution in [0.4, 0.5) is 11.4 Å². The summed E-state index contributed by atoms with van der Waals surface area (Å²) in [5.74, 6) is -0.00926. The molecule has 0 bridgehead atoms. The third-order valence-electron chi connectivity index (χ3n) is 3.85. The van der Waals surface area contributed by atoms with Gasteiger partial charge in [-0.1, -0.05) is 24.3 Å². The van der Waals surface area contributed by atoms with E-state index in [1.807, 2.05) is 6.07 Å². The zero-order chi connectivity index (χ0) is 19.4. The average Bonchev–Trinajstić information content (AvgIpc) is 2.66. The lowest BCUT2D eigenvalue weighted by Gasteiger charge is -2.14. The topological polar surface area (TPSA) is 125 Å². The van der Waals surface area contributed by atoms with Gasteiger partial charge in [0.05, 0.1) is 4.92 Å². The number of nitrogens with two attached hydrogens (primary N) is 1. The summed E-state index contributed by atoms with van der Waals surface area (Å²) >= 11 is 0. The lowest BCUT2D eigenvalue weighted by Crippen LogP contribution is -2.15. The van der Waals surface area contributed by atoms with Crippen LogP contribution in [0.1, 0.15) is 0 Å². The van der Waals surface area contributed by atoms with Crippen molar-refractivity contribution in [3.05, 3.63) is 70.8 Å². The van der Waals surface area contributed by atoms with Crippen LogP contribution in [0.3, 0.4) is 0 Å². The summed E-state index contributed by atoms with van der Waals surface area (Å²) in [5, 5.41) is 15.1. The minimum atomic E-state index is -4.16. The molecule has 3 N–H and O–H groups in total. The second kappa shape index (κ2) is 7.60. The highest BCUT2D eigenvalue weighted by atomic mass is 32.2. The largest absolute Gasteiger partial charge is 0.383 e. The van der Waals surface area contributed by atoms with Crippen LogP contribution in [0.5, 0.6) is 5.75 Å². The smallest absolute Gasteiger partial charge is 0.339 e. The number of hydrogen-bond acceptors (Lipinski definition) is 7. The van der Waals surface area contributed by atoms with Gasteiger partial charge < -0.3 is 15.2 Å². The lowest BCUT2D eigenvalue weighted by atomic mass is 10.1. The fourth-order valence-corrected chi connectivity index (χ4v) is 3.84. The Morgan fingerprint density at radius 2 is 1.70 bits per heavy atom. The van der Waals surface area contributed by atoms with Crippen LogP contribution < -0.4 is 15.2 Å². The molecule has 0 saturated heterocycles. The van der Waals surface area contributed by atoms with Gasteiger partial charge in [0.25, 0.3) is 5.69 Å². The van der Waals surface area contributed by atoms with Crippen LogP contribution in [-0.4, -0.2) is 26.4 Å². The van der Waals surface area contributed by atoms with Crippen molar-refractivity contribution < 1.29 is 17.5 Å². The van der Waals surface area contributed by atoms with E-state index in [-0.39, 0.29) is 16.3 Å². The second-order valence-electron chi connectivity index (χ2n) is 5.66. The van der Waals surface area contributed by atoms with Crippen molar-refractivity contribution in [2.24, 2.45) is 5.73 Å². The van der Waals surface area contributed by atoms with Gasteiger partial charge in [0, 0.05) is 36.3 Å². The Hall–Kier alpha value is -3.17. The molecule has 3 rings (SSSR count). The van der Waals surface area contributed by atoms with E-state index >= 15 is 0 Å². The Bertz CT molecular complexity index is 1080. The Balaban J connectivity index is 2.03. The van der Waals surface area contributed by atoms with Crippen LogP contribution in [-0.2, 0) is 10.1 Å². The maximum absolute atomic E-state index is 12.9. The number of hydrogen-bond donors (Lipinski definition) is 2. The summed E-state index contributed by atoms with van der Waals surface area (Å²) in [5.41, 5.74) is 6.00. The molecule has 0 radical (unpaired) electrons. The molecule has 0 aliphatic heterocycles. The van der Waals surface area contributed by atoms with Gasteiger partial charge >= 0.3 is 10.1 Å². The monoisotopic (exact) mass is 387 g/mol.